The maximum absolute atomic E-state index is 13.7. The minimum Gasteiger partial charge on any atom is -0.465 e. The highest BCUT2D eigenvalue weighted by Gasteiger charge is 2.59. The van der Waals surface area contributed by atoms with Crippen LogP contribution in [0.4, 0.5) is 0 Å². The van der Waals surface area contributed by atoms with E-state index in [4.69, 9.17) is 123 Å². The fourth-order valence-corrected chi connectivity index (χ4v) is 15.4. The van der Waals surface area contributed by atoms with Crippen LogP contribution >= 0.6 is 0 Å². The number of carbonyl (C=O) groups excluding carboxylic acids is 2. The van der Waals surface area contributed by atoms with E-state index in [9.17, 15) is 9.59 Å². The molecule has 0 radical (unpaired) electrons. The van der Waals surface area contributed by atoms with Gasteiger partial charge in [-0.2, -0.15) is 0 Å². The second kappa shape index (κ2) is 20.7. The molecule has 28 nitrogen and oxygen atoms in total. The summed E-state index contributed by atoms with van der Waals surface area (Å²) in [5.74, 6) is -10.0. The number of methoxy groups -OCH3 is 2. The van der Waals surface area contributed by atoms with Crippen molar-refractivity contribution in [3.63, 3.8) is 0 Å². The van der Waals surface area contributed by atoms with Crippen LogP contribution in [-0.4, -0.2) is 95.6 Å². The molecule has 0 aromatic heterocycles. The van der Waals surface area contributed by atoms with E-state index in [2.05, 4.69) is 0 Å². The molecule has 6 aromatic carbocycles. The number of hydrogen-bond donors (Lipinski definition) is 0. The second-order valence-electron chi connectivity index (χ2n) is 33.1. The topological polar surface area (TPSA) is 274 Å². The number of ether oxygens (including phenoxy) is 26. The Bertz CT molecular complexity index is 4360. The fraction of sp³-hybridized carbons (Fsp3) is 0.513. The van der Waals surface area contributed by atoms with Crippen LogP contribution in [0.25, 0.3) is 0 Å². The van der Waals surface area contributed by atoms with Crippen molar-refractivity contribution < 1.29 is 133 Å². The van der Waals surface area contributed by atoms with E-state index in [0.29, 0.717) is 103 Å². The van der Waals surface area contributed by atoms with Crippen LogP contribution in [0, 0.1) is 0 Å². The second-order valence-corrected chi connectivity index (χ2v) is 33.1. The van der Waals surface area contributed by atoms with E-state index in [1.165, 1.54) is 14.2 Å². The summed E-state index contributed by atoms with van der Waals surface area (Å²) in [6.07, 6.45) is 0. The van der Waals surface area contributed by atoms with Gasteiger partial charge in [-0.1, -0.05) is 0 Å². The number of benzene rings is 6. The predicted octanol–water partition coefficient (Wildman–Crippen LogP) is 15.4. The van der Waals surface area contributed by atoms with Gasteiger partial charge in [-0.25, -0.2) is 9.59 Å². The van der Waals surface area contributed by atoms with E-state index in [1.54, 1.807) is 107 Å². The van der Waals surface area contributed by atoms with Crippen molar-refractivity contribution in [1.29, 1.82) is 0 Å². The molecule has 12 aliphatic heterocycles. The zero-order valence-corrected chi connectivity index (χ0v) is 63.9. The van der Waals surface area contributed by atoms with Crippen LogP contribution in [0.1, 0.15) is 232 Å². The van der Waals surface area contributed by atoms with Crippen molar-refractivity contribution in [3.8, 4) is 138 Å². The Balaban J connectivity index is 0.000000158. The Morgan fingerprint density at radius 3 is 0.481 bits per heavy atom. The Morgan fingerprint density at radius 1 is 0.208 bits per heavy atom. The molecule has 0 atom stereocenters. The van der Waals surface area contributed by atoms with E-state index < -0.39 is 93.2 Å². The molecule has 0 amide bonds. The van der Waals surface area contributed by atoms with Crippen LogP contribution in [0.3, 0.4) is 0 Å². The molecule has 28 heteroatoms. The van der Waals surface area contributed by atoms with Gasteiger partial charge in [0.15, 0.2) is 149 Å². The Kier molecular flexibility index (Phi) is 13.4. The van der Waals surface area contributed by atoms with E-state index in [0.717, 1.165) is 0 Å². The average molecular weight is 1470 g/mol. The van der Waals surface area contributed by atoms with Gasteiger partial charge < -0.3 is 123 Å². The summed E-state index contributed by atoms with van der Waals surface area (Å²) < 4.78 is 167. The molecule has 0 N–H and O–H groups in total. The molecule has 0 fully saturated rings. The summed E-state index contributed by atoms with van der Waals surface area (Å²) in [7, 11) is 2.50. The largest absolute Gasteiger partial charge is 0.465 e. The highest BCUT2D eigenvalue weighted by Crippen LogP contribution is 2.72. The van der Waals surface area contributed by atoms with Crippen LogP contribution in [0.5, 0.6) is 138 Å². The van der Waals surface area contributed by atoms with Crippen molar-refractivity contribution in [1.82, 2.24) is 0 Å². The first kappa shape index (κ1) is 68.6. The highest BCUT2D eigenvalue weighted by molar-refractivity contribution is 6.01. The molecule has 12 heterocycles. The average Bonchev–Trinajstić information content (AvgIpc) is 1.51. The maximum atomic E-state index is 13.7. The molecule has 564 valence electrons. The van der Waals surface area contributed by atoms with Crippen molar-refractivity contribution in [2.24, 2.45) is 0 Å². The van der Waals surface area contributed by atoms with Gasteiger partial charge in [0.1, 0.15) is 0 Å². The van der Waals surface area contributed by atoms with Crippen LogP contribution < -0.4 is 114 Å². The van der Waals surface area contributed by atoms with Crippen LogP contribution in [0.2, 0.25) is 0 Å². The van der Waals surface area contributed by atoms with Gasteiger partial charge in [-0.3, -0.25) is 0 Å². The molecular weight excluding hydrogens is 1380 g/mol. The van der Waals surface area contributed by atoms with Crippen molar-refractivity contribution in [3.05, 3.63) is 68.8 Å². The fourth-order valence-electron chi connectivity index (χ4n) is 15.4. The first-order chi connectivity index (χ1) is 48.9. The van der Waals surface area contributed by atoms with Crippen molar-refractivity contribution in [2.45, 2.75) is 247 Å². The van der Waals surface area contributed by atoms with Crippen molar-refractivity contribution >= 4 is 11.9 Å². The Hall–Kier alpha value is -10.5. The molecular formula is C78H84O28. The predicted molar refractivity (Wildman–Crippen MR) is 367 cm³/mol. The van der Waals surface area contributed by atoms with Crippen molar-refractivity contribution in [2.75, 3.05) is 14.2 Å². The summed E-state index contributed by atoms with van der Waals surface area (Å²) in [5.41, 5.74) is 2.50. The highest BCUT2D eigenvalue weighted by atomic mass is 16.8. The smallest absolute Gasteiger partial charge is 0.345 e. The Labute approximate surface area is 610 Å². The summed E-state index contributed by atoms with van der Waals surface area (Å²) >= 11 is 0. The lowest BCUT2D eigenvalue weighted by molar-refractivity contribution is -0.0521. The van der Waals surface area contributed by atoms with Gasteiger partial charge in [0.25, 0.3) is 0 Å². The summed E-state index contributed by atoms with van der Waals surface area (Å²) in [5, 5.41) is 0. The monoisotopic (exact) mass is 1470 g/mol. The normalized spacial score (nSPS) is 22.0. The molecule has 6 aromatic rings. The zero-order chi connectivity index (χ0) is 76.0. The van der Waals surface area contributed by atoms with E-state index in [-0.39, 0.29) is 79.7 Å². The van der Waals surface area contributed by atoms with Gasteiger partial charge in [0, 0.05) is 190 Å². The number of hydrogen-bond acceptors (Lipinski definition) is 28. The summed E-state index contributed by atoms with van der Waals surface area (Å²) in [4.78, 5) is 27.4. The summed E-state index contributed by atoms with van der Waals surface area (Å²) in [6.45, 7) is 42.7. The molecule has 18 rings (SSSR count). The lowest BCUT2D eigenvalue weighted by Crippen LogP contribution is -2.32. The first-order valence-electron chi connectivity index (χ1n) is 35.0. The molecule has 0 saturated heterocycles. The minimum atomic E-state index is -1.32. The van der Waals surface area contributed by atoms with Gasteiger partial charge in [0.05, 0.1) is 59.4 Å². The van der Waals surface area contributed by atoms with Crippen LogP contribution in [-0.2, 0) is 9.47 Å². The third-order valence-electron chi connectivity index (χ3n) is 18.4. The van der Waals surface area contributed by atoms with Crippen LogP contribution in [0.15, 0.2) is 24.3 Å². The lowest BCUT2D eigenvalue weighted by atomic mass is 9.80. The number of esters is 2. The first-order valence-corrected chi connectivity index (χ1v) is 35.0. The molecule has 12 aliphatic rings. The number of fused-ring (bicyclic) bond motifs is 12. The third-order valence-corrected chi connectivity index (χ3v) is 18.4. The van der Waals surface area contributed by atoms with Gasteiger partial charge >= 0.3 is 11.9 Å². The number of rotatable bonds is 8. The molecule has 0 saturated carbocycles. The Morgan fingerprint density at radius 2 is 0.330 bits per heavy atom. The van der Waals surface area contributed by atoms with E-state index >= 15 is 0 Å². The molecule has 0 aliphatic carbocycles. The SMILES string of the molecule is CC1(C)Oc2cc3c(c(C(c4c5c(cc6c4OC(C)(C)O6)OC(C)(C)O5)c4c5c(cc6c4OC(C)(C)O6)OC(C)(C)O5)c2O1)OC(C)(C)O3.COC(=O)c1c2c(c(C(c3c4c(cc5c3OC(C)(C)O5)OC(C)(C)O4)c3c4c(c(C(=O)OC)c5c3OC(C)(C)O5)OC(C)(C)O4)c3c1OC(C)(C)O3)OC(C)(C)O2. The zero-order valence-electron chi connectivity index (χ0n) is 63.9. The molecule has 0 bridgehead atoms. The standard InChI is InChI=1S/C41H44O16.C37H40O12/c1-36(2)46-16-15-17-25(49-37(3,4)47-17)19(24(16)48-36)18(20-26-30(54-38(5,6)50-26)22(34(42)44-13)31-27(20)51-39(7,8)55-31)21-28-32(56-40(9,10)52-28)23(35(43)45-14)33-29(21)53-41(11,12)57-33;1-32(2)38-16-13-17-27(45-33(3,4)39-17)23(26(16)44-32)22(24-28-18(40-34(5,6)46-28)14-19-29(24)47-35(7,8)41-19)25-30-20(42-36(9,10)48-30)15-21-31(25)49-37(11,12)43-21/h15,18H,1-14H3;13-15,22H,1-12H3. The lowest BCUT2D eigenvalue weighted by Gasteiger charge is -2.28. The molecule has 0 spiro atoms. The van der Waals surface area contributed by atoms with Gasteiger partial charge in [0.2, 0.25) is 69.4 Å². The quantitative estimate of drug-likeness (QED) is 0.101. The minimum absolute atomic E-state index is 0.0283. The maximum Gasteiger partial charge on any atom is 0.345 e. The van der Waals surface area contributed by atoms with Gasteiger partial charge in [-0.05, 0) is 0 Å². The summed E-state index contributed by atoms with van der Waals surface area (Å²) in [6, 6.07) is 7.10. The van der Waals surface area contributed by atoms with E-state index in [1.807, 2.05) is 83.1 Å². The van der Waals surface area contributed by atoms with Gasteiger partial charge in [-0.15, -0.1) is 0 Å². The number of carbonyl (C=O) groups is 2. The molecule has 106 heavy (non-hydrogen) atoms. The molecule has 0 unspecified atom stereocenters. The third kappa shape index (κ3) is 10.7.